The van der Waals surface area contributed by atoms with Crippen LogP contribution in [0.5, 0.6) is 5.75 Å². The summed E-state index contributed by atoms with van der Waals surface area (Å²) in [5.74, 6) is -1.82. The fourth-order valence-electron chi connectivity index (χ4n) is 1.19. The van der Waals surface area contributed by atoms with Gasteiger partial charge in [0.05, 0.1) is 5.88 Å². The molecule has 0 N–H and O–H groups in total. The van der Waals surface area contributed by atoms with Crippen LogP contribution in [0.15, 0.2) is 6.20 Å². The predicted molar refractivity (Wildman–Crippen MR) is 50.8 cm³/mol. The second-order valence-electron chi connectivity index (χ2n) is 3.01. The summed E-state index contributed by atoms with van der Waals surface area (Å²) in [4.78, 5) is 13.6. The summed E-state index contributed by atoms with van der Waals surface area (Å²) < 4.78 is 64.8. The predicted octanol–water partition coefficient (Wildman–Crippen LogP) is 3.47. The molecule has 18 heavy (non-hydrogen) atoms. The third kappa shape index (κ3) is 3.28. The molecule has 0 aliphatic heterocycles. The van der Waals surface area contributed by atoms with E-state index in [0.717, 1.165) is 6.20 Å². The van der Waals surface area contributed by atoms with Crippen molar-refractivity contribution in [2.24, 2.45) is 0 Å². The van der Waals surface area contributed by atoms with E-state index in [1.807, 2.05) is 0 Å². The molecule has 100 valence electrons. The lowest BCUT2D eigenvalue weighted by Gasteiger charge is -2.16. The Bertz CT molecular complexity index is 449. The van der Waals surface area contributed by atoms with Gasteiger partial charge in [-0.3, -0.25) is 9.78 Å². The molecule has 1 heterocycles. The van der Waals surface area contributed by atoms with Crippen molar-refractivity contribution in [3.05, 3.63) is 23.0 Å². The summed E-state index contributed by atoms with van der Waals surface area (Å²) in [5.41, 5.74) is -2.03. The van der Waals surface area contributed by atoms with Gasteiger partial charge in [-0.15, -0.1) is 24.8 Å². The summed E-state index contributed by atoms with van der Waals surface area (Å²) >= 11 is 5.34. The van der Waals surface area contributed by atoms with Gasteiger partial charge in [0.15, 0.2) is 12.0 Å². The topological polar surface area (TPSA) is 39.2 Å². The molecule has 3 nitrogen and oxygen atoms in total. The molecule has 0 saturated heterocycles. The van der Waals surface area contributed by atoms with Gasteiger partial charge in [0.25, 0.3) is 6.43 Å². The minimum Gasteiger partial charge on any atom is -0.403 e. The molecule has 1 aromatic rings. The first-order valence-electron chi connectivity index (χ1n) is 4.37. The Balaban J connectivity index is 3.43. The molecule has 0 bridgehead atoms. The van der Waals surface area contributed by atoms with Gasteiger partial charge < -0.3 is 4.74 Å². The Morgan fingerprint density at radius 3 is 2.44 bits per heavy atom. The quantitative estimate of drug-likeness (QED) is 0.484. The number of rotatable bonds is 4. The Morgan fingerprint density at radius 2 is 2.06 bits per heavy atom. The molecule has 0 spiro atoms. The number of halogens is 6. The van der Waals surface area contributed by atoms with E-state index in [0.29, 0.717) is 0 Å². The number of alkyl halides is 6. The van der Waals surface area contributed by atoms with Crippen LogP contribution in [0.1, 0.15) is 28.0 Å². The zero-order chi connectivity index (χ0) is 13.9. The SMILES string of the molecule is O=Cc1cnc(C(F)F)c(OC(F)(F)F)c1CCl. The molecule has 1 rings (SSSR count). The summed E-state index contributed by atoms with van der Waals surface area (Å²) in [7, 11) is 0. The van der Waals surface area contributed by atoms with Gasteiger partial charge in [0.2, 0.25) is 0 Å². The average molecular weight is 290 g/mol. The fraction of sp³-hybridized carbons (Fsp3) is 0.333. The number of aromatic nitrogens is 1. The number of hydrogen-bond acceptors (Lipinski definition) is 3. The zero-order valence-corrected chi connectivity index (χ0v) is 9.23. The zero-order valence-electron chi connectivity index (χ0n) is 8.47. The normalized spacial score (nSPS) is 11.7. The van der Waals surface area contributed by atoms with E-state index in [-0.39, 0.29) is 11.8 Å². The molecule has 0 atom stereocenters. The van der Waals surface area contributed by atoms with Crippen LogP contribution in [-0.4, -0.2) is 17.6 Å². The van der Waals surface area contributed by atoms with Crippen LogP contribution in [-0.2, 0) is 5.88 Å². The maximum Gasteiger partial charge on any atom is 0.573 e. The second-order valence-corrected chi connectivity index (χ2v) is 3.27. The molecule has 1 aromatic heterocycles. The Labute approximate surface area is 103 Å². The molecule has 0 aliphatic rings. The van der Waals surface area contributed by atoms with E-state index in [2.05, 4.69) is 9.72 Å². The van der Waals surface area contributed by atoms with Crippen LogP contribution in [0, 0.1) is 0 Å². The van der Waals surface area contributed by atoms with Crippen molar-refractivity contribution < 1.29 is 31.5 Å². The first kappa shape index (κ1) is 14.6. The van der Waals surface area contributed by atoms with Crippen LogP contribution in [0.2, 0.25) is 0 Å². The molecule has 9 heteroatoms. The van der Waals surface area contributed by atoms with E-state index in [4.69, 9.17) is 11.6 Å². The molecular weight excluding hydrogens is 285 g/mol. The minimum absolute atomic E-state index is 0.156. The van der Waals surface area contributed by atoms with E-state index < -0.39 is 35.7 Å². The maximum atomic E-state index is 12.5. The Morgan fingerprint density at radius 1 is 1.44 bits per heavy atom. The lowest BCUT2D eigenvalue weighted by Crippen LogP contribution is -2.20. The van der Waals surface area contributed by atoms with Crippen molar-refractivity contribution in [3.8, 4) is 5.75 Å². The van der Waals surface area contributed by atoms with Gasteiger partial charge in [-0.2, -0.15) is 0 Å². The van der Waals surface area contributed by atoms with Crippen LogP contribution >= 0.6 is 11.6 Å². The number of aldehydes is 1. The fourth-order valence-corrected chi connectivity index (χ4v) is 1.46. The monoisotopic (exact) mass is 289 g/mol. The molecule has 0 radical (unpaired) electrons. The lowest BCUT2D eigenvalue weighted by atomic mass is 10.1. The van der Waals surface area contributed by atoms with Gasteiger partial charge in [-0.05, 0) is 0 Å². The summed E-state index contributed by atoms with van der Waals surface area (Å²) in [6.45, 7) is 0. The summed E-state index contributed by atoms with van der Waals surface area (Å²) in [6, 6.07) is 0. The molecule has 0 amide bonds. The van der Waals surface area contributed by atoms with Gasteiger partial charge in [0, 0.05) is 17.3 Å². The van der Waals surface area contributed by atoms with E-state index >= 15 is 0 Å². The van der Waals surface area contributed by atoms with Gasteiger partial charge >= 0.3 is 6.36 Å². The number of pyridine rings is 1. The molecule has 0 aromatic carbocycles. The number of carbonyl (C=O) groups is 1. The van der Waals surface area contributed by atoms with Crippen molar-refractivity contribution in [1.82, 2.24) is 4.98 Å². The van der Waals surface area contributed by atoms with Crippen molar-refractivity contribution in [1.29, 1.82) is 0 Å². The van der Waals surface area contributed by atoms with Crippen molar-refractivity contribution in [3.63, 3.8) is 0 Å². The van der Waals surface area contributed by atoms with Gasteiger partial charge in [-0.25, -0.2) is 8.78 Å². The number of hydrogen-bond donors (Lipinski definition) is 0. The van der Waals surface area contributed by atoms with Crippen LogP contribution in [0.4, 0.5) is 22.0 Å². The average Bonchev–Trinajstić information content (AvgIpc) is 2.25. The maximum absolute atomic E-state index is 12.5. The molecule has 0 fully saturated rings. The molecular formula is C9H5ClF5NO2. The number of ether oxygens (including phenoxy) is 1. The first-order valence-corrected chi connectivity index (χ1v) is 4.90. The first-order chi connectivity index (χ1) is 8.30. The van der Waals surface area contributed by atoms with Crippen molar-refractivity contribution in [2.75, 3.05) is 0 Å². The van der Waals surface area contributed by atoms with Gasteiger partial charge in [0.1, 0.15) is 5.69 Å². The second kappa shape index (κ2) is 5.47. The van der Waals surface area contributed by atoms with E-state index in [9.17, 15) is 26.7 Å². The van der Waals surface area contributed by atoms with Crippen LogP contribution in [0.25, 0.3) is 0 Å². The van der Waals surface area contributed by atoms with Crippen LogP contribution < -0.4 is 4.74 Å². The molecule has 0 saturated carbocycles. The van der Waals surface area contributed by atoms with E-state index in [1.54, 1.807) is 0 Å². The number of carbonyl (C=O) groups excluding carboxylic acids is 1. The third-order valence-electron chi connectivity index (χ3n) is 1.88. The van der Waals surface area contributed by atoms with E-state index in [1.165, 1.54) is 0 Å². The minimum atomic E-state index is -5.19. The highest BCUT2D eigenvalue weighted by Gasteiger charge is 2.35. The van der Waals surface area contributed by atoms with Crippen LogP contribution in [0.3, 0.4) is 0 Å². The van der Waals surface area contributed by atoms with Crippen molar-refractivity contribution >= 4 is 17.9 Å². The number of nitrogens with zero attached hydrogens (tertiary/aromatic N) is 1. The Hall–Kier alpha value is -1.44. The highest BCUT2D eigenvalue weighted by atomic mass is 35.5. The highest BCUT2D eigenvalue weighted by molar-refractivity contribution is 6.17. The standard InChI is InChI=1S/C9H5ClF5NO2/c10-1-5-4(3-17)2-16-6(8(11)12)7(5)18-9(13,14)15/h2-3,8H,1H2. The summed E-state index contributed by atoms with van der Waals surface area (Å²) in [6.07, 6.45) is -7.60. The molecule has 0 aliphatic carbocycles. The molecule has 0 unspecified atom stereocenters. The summed E-state index contributed by atoms with van der Waals surface area (Å²) in [5, 5.41) is 0. The largest absolute Gasteiger partial charge is 0.573 e. The highest BCUT2D eigenvalue weighted by Crippen LogP contribution is 2.36. The lowest BCUT2D eigenvalue weighted by molar-refractivity contribution is -0.275. The van der Waals surface area contributed by atoms with Crippen molar-refractivity contribution in [2.45, 2.75) is 18.7 Å². The smallest absolute Gasteiger partial charge is 0.403 e. The van der Waals surface area contributed by atoms with Gasteiger partial charge in [-0.1, -0.05) is 0 Å². The third-order valence-corrected chi connectivity index (χ3v) is 2.15. The Kier molecular flexibility index (Phi) is 4.44.